The molecule has 0 saturated carbocycles. The van der Waals surface area contributed by atoms with E-state index in [1.807, 2.05) is 0 Å². The summed E-state index contributed by atoms with van der Waals surface area (Å²) in [4.78, 5) is 37.2. The van der Waals surface area contributed by atoms with Crippen molar-refractivity contribution in [3.8, 4) is 11.5 Å². The minimum atomic E-state index is -1.17. The Bertz CT molecular complexity index is 1020. The van der Waals surface area contributed by atoms with E-state index in [0.717, 1.165) is 4.90 Å². The molecule has 3 amide bonds. The largest absolute Gasteiger partial charge is 0.493 e. The maximum atomic E-state index is 13.1. The molecule has 30 heavy (non-hydrogen) atoms. The first-order chi connectivity index (χ1) is 14.3. The molecule has 2 aromatic carbocycles. The summed E-state index contributed by atoms with van der Waals surface area (Å²) in [6.07, 6.45) is 0.222. The number of hydrogen-bond acceptors (Lipinski definition) is 5. The van der Waals surface area contributed by atoms with E-state index in [9.17, 15) is 18.8 Å². The van der Waals surface area contributed by atoms with Crippen LogP contribution in [0, 0.1) is 5.82 Å². The number of rotatable bonds is 7. The number of urea groups is 1. The predicted octanol–water partition coefficient (Wildman–Crippen LogP) is 2.78. The summed E-state index contributed by atoms with van der Waals surface area (Å²) in [6.45, 7) is 1.33. The summed E-state index contributed by atoms with van der Waals surface area (Å²) in [7, 11) is 1.40. The molecule has 9 heteroatoms. The highest BCUT2D eigenvalue weighted by Gasteiger charge is 2.34. The molecule has 0 radical (unpaired) electrons. The van der Waals surface area contributed by atoms with E-state index < -0.39 is 29.8 Å². The molecular weight excluding hydrogens is 395 g/mol. The second-order valence-electron chi connectivity index (χ2n) is 6.48. The van der Waals surface area contributed by atoms with Gasteiger partial charge in [-0.05, 0) is 36.8 Å². The van der Waals surface area contributed by atoms with Crippen molar-refractivity contribution < 1.29 is 33.4 Å². The van der Waals surface area contributed by atoms with Crippen molar-refractivity contribution in [2.45, 2.75) is 19.6 Å². The summed E-state index contributed by atoms with van der Waals surface area (Å²) < 4.78 is 23.8. The number of nitrogens with one attached hydrogen (secondary N) is 1. The molecule has 156 valence electrons. The molecule has 2 N–H and O–H groups in total. The number of methoxy groups -OCH3 is 1. The molecule has 0 bridgehead atoms. The fourth-order valence-corrected chi connectivity index (χ4v) is 2.80. The van der Waals surface area contributed by atoms with Crippen LogP contribution in [0.4, 0.5) is 9.18 Å². The Balaban J connectivity index is 1.89. The van der Waals surface area contributed by atoms with E-state index >= 15 is 0 Å². The highest BCUT2D eigenvalue weighted by Crippen LogP contribution is 2.34. The molecule has 1 aliphatic rings. The third-order valence-corrected chi connectivity index (χ3v) is 4.39. The molecular formula is C21H19FN2O6. The topological polar surface area (TPSA) is 105 Å². The van der Waals surface area contributed by atoms with Gasteiger partial charge in [0.15, 0.2) is 17.6 Å². The molecule has 0 aliphatic carbocycles. The number of benzene rings is 2. The van der Waals surface area contributed by atoms with Gasteiger partial charge in [-0.2, -0.15) is 0 Å². The number of halogens is 1. The molecule has 2 aromatic rings. The summed E-state index contributed by atoms with van der Waals surface area (Å²) in [5.74, 6) is -1.77. The second-order valence-corrected chi connectivity index (χ2v) is 6.48. The zero-order valence-electron chi connectivity index (χ0n) is 16.2. The Morgan fingerprint density at radius 2 is 1.93 bits per heavy atom. The van der Waals surface area contributed by atoms with Crippen LogP contribution in [0.1, 0.15) is 18.1 Å². The van der Waals surface area contributed by atoms with E-state index in [4.69, 9.17) is 14.6 Å². The first kappa shape index (κ1) is 20.8. The Labute approximate surface area is 171 Å². The fourth-order valence-electron chi connectivity index (χ4n) is 2.80. The highest BCUT2D eigenvalue weighted by atomic mass is 19.1. The molecule has 0 aromatic heterocycles. The Hall–Kier alpha value is -3.88. The zero-order valence-corrected chi connectivity index (χ0v) is 16.2. The van der Waals surface area contributed by atoms with Crippen molar-refractivity contribution in [3.63, 3.8) is 0 Å². The number of hydrogen-bond donors (Lipinski definition) is 2. The molecule has 1 saturated heterocycles. The monoisotopic (exact) mass is 414 g/mol. The van der Waals surface area contributed by atoms with Crippen molar-refractivity contribution in [2.24, 2.45) is 0 Å². The van der Waals surface area contributed by atoms with E-state index in [-0.39, 0.29) is 23.7 Å². The normalized spacial score (nSPS) is 15.8. The van der Waals surface area contributed by atoms with Gasteiger partial charge < -0.3 is 19.9 Å². The number of imide groups is 1. The smallest absolute Gasteiger partial charge is 0.344 e. The standard InChI is InChI=1S/C21H19FN2O6/c1-12(20(26)27)30-18-14(4-3-5-17(18)29-2)10-16-19(25)24(21(28)23-16)11-13-6-8-15(22)9-7-13/h3-10,12H,11H2,1-2H3,(H,23,28)(H,26,27)/b16-10-/t12-/m0/s1. The van der Waals surface area contributed by atoms with Gasteiger partial charge in [-0.15, -0.1) is 0 Å². The van der Waals surface area contributed by atoms with Crippen LogP contribution >= 0.6 is 0 Å². The summed E-state index contributed by atoms with van der Waals surface area (Å²) in [5.41, 5.74) is 0.930. The Morgan fingerprint density at radius 3 is 2.57 bits per heavy atom. The predicted molar refractivity (Wildman–Crippen MR) is 104 cm³/mol. The Morgan fingerprint density at radius 1 is 1.23 bits per heavy atom. The molecule has 1 heterocycles. The molecule has 1 fully saturated rings. The number of ether oxygens (including phenoxy) is 2. The first-order valence-corrected chi connectivity index (χ1v) is 8.95. The quantitative estimate of drug-likeness (QED) is 0.533. The van der Waals surface area contributed by atoms with Gasteiger partial charge in [0.05, 0.1) is 13.7 Å². The maximum Gasteiger partial charge on any atom is 0.344 e. The van der Waals surface area contributed by atoms with Gasteiger partial charge in [0, 0.05) is 5.56 Å². The van der Waals surface area contributed by atoms with Crippen LogP contribution in [-0.4, -0.2) is 41.1 Å². The van der Waals surface area contributed by atoms with Gasteiger partial charge in [0.1, 0.15) is 11.5 Å². The number of nitrogens with zero attached hydrogens (tertiary/aromatic N) is 1. The first-order valence-electron chi connectivity index (χ1n) is 8.95. The van der Waals surface area contributed by atoms with Crippen molar-refractivity contribution in [1.29, 1.82) is 0 Å². The van der Waals surface area contributed by atoms with Crippen molar-refractivity contribution >= 4 is 24.0 Å². The van der Waals surface area contributed by atoms with Crippen molar-refractivity contribution in [2.75, 3.05) is 7.11 Å². The third-order valence-electron chi connectivity index (χ3n) is 4.39. The highest BCUT2D eigenvalue weighted by molar-refractivity contribution is 6.14. The number of carbonyl (C=O) groups is 3. The lowest BCUT2D eigenvalue weighted by molar-refractivity contribution is -0.144. The Kier molecular flexibility index (Phi) is 6.01. The number of para-hydroxylation sites is 1. The number of carbonyl (C=O) groups excluding carboxylic acids is 2. The summed E-state index contributed by atoms with van der Waals surface area (Å²) >= 11 is 0. The molecule has 3 rings (SSSR count). The van der Waals surface area contributed by atoms with E-state index in [1.165, 1.54) is 44.4 Å². The number of carboxylic acids is 1. The van der Waals surface area contributed by atoms with E-state index in [1.54, 1.807) is 18.2 Å². The average molecular weight is 414 g/mol. The van der Waals surface area contributed by atoms with Crippen LogP contribution in [-0.2, 0) is 16.1 Å². The van der Waals surface area contributed by atoms with Gasteiger partial charge in [-0.25, -0.2) is 14.0 Å². The zero-order chi connectivity index (χ0) is 21.8. The van der Waals surface area contributed by atoms with Crippen molar-refractivity contribution in [3.05, 3.63) is 65.1 Å². The lowest BCUT2D eigenvalue weighted by Gasteiger charge is -2.16. The van der Waals surface area contributed by atoms with Crippen LogP contribution in [0.15, 0.2) is 48.2 Å². The van der Waals surface area contributed by atoms with Gasteiger partial charge in [0.25, 0.3) is 5.91 Å². The second kappa shape index (κ2) is 8.64. The minimum Gasteiger partial charge on any atom is -0.493 e. The van der Waals surface area contributed by atoms with E-state index in [2.05, 4.69) is 5.32 Å². The lowest BCUT2D eigenvalue weighted by Crippen LogP contribution is -2.30. The van der Waals surface area contributed by atoms with Crippen LogP contribution < -0.4 is 14.8 Å². The average Bonchev–Trinajstić information content (AvgIpc) is 2.98. The maximum absolute atomic E-state index is 13.1. The van der Waals surface area contributed by atoms with Crippen LogP contribution in [0.2, 0.25) is 0 Å². The molecule has 0 unspecified atom stereocenters. The number of amides is 3. The molecule has 0 spiro atoms. The minimum absolute atomic E-state index is 0.0109. The number of aliphatic carboxylic acids is 1. The van der Waals surface area contributed by atoms with Gasteiger partial charge in [-0.3, -0.25) is 9.69 Å². The molecule has 1 atom stereocenters. The van der Waals surface area contributed by atoms with E-state index in [0.29, 0.717) is 11.1 Å². The van der Waals surface area contributed by atoms with Crippen LogP contribution in [0.5, 0.6) is 11.5 Å². The summed E-state index contributed by atoms with van der Waals surface area (Å²) in [6, 6.07) is 9.66. The lowest BCUT2D eigenvalue weighted by atomic mass is 10.1. The number of carboxylic acid groups (broad SMARTS) is 1. The van der Waals surface area contributed by atoms with Crippen LogP contribution in [0.25, 0.3) is 6.08 Å². The van der Waals surface area contributed by atoms with Gasteiger partial charge in [-0.1, -0.05) is 24.3 Å². The molecule has 1 aliphatic heterocycles. The third kappa shape index (κ3) is 4.40. The molecule has 8 nitrogen and oxygen atoms in total. The van der Waals surface area contributed by atoms with Gasteiger partial charge >= 0.3 is 12.0 Å². The SMILES string of the molecule is COc1cccc(/C=C2\NC(=O)N(Cc3ccc(F)cc3)C2=O)c1O[C@@H](C)C(=O)O. The summed E-state index contributed by atoms with van der Waals surface area (Å²) in [5, 5.41) is 11.6. The van der Waals surface area contributed by atoms with Crippen LogP contribution in [0.3, 0.4) is 0 Å². The van der Waals surface area contributed by atoms with Gasteiger partial charge in [0.2, 0.25) is 0 Å². The van der Waals surface area contributed by atoms with Crippen molar-refractivity contribution in [1.82, 2.24) is 10.2 Å². The fraction of sp³-hybridized carbons (Fsp3) is 0.190.